The van der Waals surface area contributed by atoms with Crippen LogP contribution < -0.4 is 10.6 Å². The van der Waals surface area contributed by atoms with Gasteiger partial charge in [-0.25, -0.2) is 8.42 Å². The summed E-state index contributed by atoms with van der Waals surface area (Å²) in [5.41, 5.74) is 1.97. The number of nitrogens with one attached hydrogen (secondary N) is 2. The summed E-state index contributed by atoms with van der Waals surface area (Å²) >= 11 is 0. The quantitative estimate of drug-likeness (QED) is 0.596. The molecule has 0 aromatic heterocycles. The van der Waals surface area contributed by atoms with Crippen molar-refractivity contribution in [3.8, 4) is 0 Å². The van der Waals surface area contributed by atoms with Gasteiger partial charge in [0.1, 0.15) is 6.04 Å². The highest BCUT2D eigenvalue weighted by Crippen LogP contribution is 2.27. The van der Waals surface area contributed by atoms with Gasteiger partial charge in [-0.05, 0) is 63.1 Å². The topological polar surface area (TPSA) is 122 Å². The van der Waals surface area contributed by atoms with E-state index in [0.29, 0.717) is 24.2 Å². The van der Waals surface area contributed by atoms with Crippen LogP contribution in [0, 0.1) is 6.92 Å². The maximum Gasteiger partial charge on any atom is 0.325 e. The zero-order valence-corrected chi connectivity index (χ0v) is 19.5. The van der Waals surface area contributed by atoms with Gasteiger partial charge in [-0.1, -0.05) is 17.7 Å². The highest BCUT2D eigenvalue weighted by atomic mass is 32.2. The summed E-state index contributed by atoms with van der Waals surface area (Å²) in [6.45, 7) is 4.88. The summed E-state index contributed by atoms with van der Waals surface area (Å²) < 4.78 is 32.5. The molecule has 1 saturated heterocycles. The van der Waals surface area contributed by atoms with Crippen LogP contribution in [0.2, 0.25) is 0 Å². The van der Waals surface area contributed by atoms with Crippen LogP contribution in [0.25, 0.3) is 0 Å². The van der Waals surface area contributed by atoms with Gasteiger partial charge in [-0.3, -0.25) is 14.4 Å². The largest absolute Gasteiger partial charge is 0.451 e. The molecule has 0 bridgehead atoms. The van der Waals surface area contributed by atoms with E-state index in [0.717, 1.165) is 9.87 Å². The Morgan fingerprint density at radius 3 is 2.15 bits per heavy atom. The predicted octanol–water partition coefficient (Wildman–Crippen LogP) is 2.68. The Labute approximate surface area is 193 Å². The van der Waals surface area contributed by atoms with Gasteiger partial charge in [0.15, 0.2) is 6.10 Å². The molecule has 2 aromatic rings. The number of hydrogen-bond acceptors (Lipinski definition) is 6. The fourth-order valence-electron chi connectivity index (χ4n) is 3.50. The molecule has 3 rings (SSSR count). The molecule has 33 heavy (non-hydrogen) atoms. The third-order valence-electron chi connectivity index (χ3n) is 5.24. The van der Waals surface area contributed by atoms with Crippen molar-refractivity contribution in [2.45, 2.75) is 50.7 Å². The van der Waals surface area contributed by atoms with Crippen LogP contribution in [0.1, 0.15) is 32.3 Å². The molecule has 176 valence electrons. The lowest BCUT2D eigenvalue weighted by Gasteiger charge is -2.24. The van der Waals surface area contributed by atoms with E-state index in [-0.39, 0.29) is 17.3 Å². The van der Waals surface area contributed by atoms with Crippen molar-refractivity contribution >= 4 is 39.2 Å². The third kappa shape index (κ3) is 5.96. The van der Waals surface area contributed by atoms with E-state index in [1.165, 1.54) is 26.0 Å². The number of esters is 1. The Morgan fingerprint density at radius 1 is 1.00 bits per heavy atom. The predicted molar refractivity (Wildman–Crippen MR) is 123 cm³/mol. The zero-order valence-electron chi connectivity index (χ0n) is 18.7. The summed E-state index contributed by atoms with van der Waals surface area (Å²) in [5, 5.41) is 5.25. The molecule has 0 radical (unpaired) electrons. The number of anilines is 2. The van der Waals surface area contributed by atoms with Gasteiger partial charge in [-0.2, -0.15) is 4.31 Å². The average molecular weight is 474 g/mol. The van der Waals surface area contributed by atoms with Gasteiger partial charge in [0.05, 0.1) is 4.90 Å². The molecule has 2 aromatic carbocycles. The molecule has 2 atom stereocenters. The van der Waals surface area contributed by atoms with E-state index in [9.17, 15) is 22.8 Å². The number of hydrogen-bond donors (Lipinski definition) is 2. The second-order valence-electron chi connectivity index (χ2n) is 7.91. The summed E-state index contributed by atoms with van der Waals surface area (Å²) in [7, 11) is -3.87. The zero-order chi connectivity index (χ0) is 24.2. The van der Waals surface area contributed by atoms with Crippen molar-refractivity contribution in [3.63, 3.8) is 0 Å². The lowest BCUT2D eigenvalue weighted by molar-refractivity contribution is -0.156. The molecular formula is C23H27N3O6S. The first-order valence-corrected chi connectivity index (χ1v) is 12.0. The molecule has 9 nitrogen and oxygen atoms in total. The second-order valence-corrected chi connectivity index (χ2v) is 9.80. The van der Waals surface area contributed by atoms with Crippen LogP contribution in [0.15, 0.2) is 53.4 Å². The molecule has 10 heteroatoms. The number of nitrogens with zero attached hydrogens (tertiary/aromatic N) is 1. The van der Waals surface area contributed by atoms with Crippen LogP contribution in [0.4, 0.5) is 11.4 Å². The Bertz CT molecular complexity index is 1130. The Morgan fingerprint density at radius 2 is 1.58 bits per heavy atom. The molecule has 0 saturated carbocycles. The fraction of sp³-hybridized carbons (Fsp3) is 0.348. The van der Waals surface area contributed by atoms with Gasteiger partial charge in [0.25, 0.3) is 5.91 Å². The summed E-state index contributed by atoms with van der Waals surface area (Å²) in [4.78, 5) is 36.4. The standard InChI is InChI=1S/C23H27N3O6S/c1-15-6-12-20(13-7-15)33(30,31)26-14-4-5-21(26)23(29)32-16(2)22(28)25-19-10-8-18(9-11-19)24-17(3)27/h6-13,16,21H,4-5,14H2,1-3H3,(H,24,27)(H,25,28)/t16-,21+/m1/s1. The highest BCUT2D eigenvalue weighted by Gasteiger charge is 2.41. The minimum Gasteiger partial charge on any atom is -0.451 e. The van der Waals surface area contributed by atoms with Crippen LogP contribution >= 0.6 is 0 Å². The van der Waals surface area contributed by atoms with Crippen LogP contribution in [0.5, 0.6) is 0 Å². The Balaban J connectivity index is 1.62. The minimum atomic E-state index is -3.87. The fourth-order valence-corrected chi connectivity index (χ4v) is 5.15. The van der Waals surface area contributed by atoms with Crippen molar-refractivity contribution in [3.05, 3.63) is 54.1 Å². The minimum absolute atomic E-state index is 0.112. The first-order chi connectivity index (χ1) is 15.6. The molecular weight excluding hydrogens is 446 g/mol. The van der Waals surface area contributed by atoms with E-state index >= 15 is 0 Å². The van der Waals surface area contributed by atoms with E-state index in [2.05, 4.69) is 10.6 Å². The lowest BCUT2D eigenvalue weighted by atomic mass is 10.2. The van der Waals surface area contributed by atoms with Gasteiger partial charge >= 0.3 is 5.97 Å². The third-order valence-corrected chi connectivity index (χ3v) is 7.16. The molecule has 0 aliphatic carbocycles. The van der Waals surface area contributed by atoms with Gasteiger partial charge in [0, 0.05) is 24.8 Å². The number of aryl methyl sites for hydroxylation is 1. The maximum absolute atomic E-state index is 13.0. The molecule has 1 heterocycles. The smallest absolute Gasteiger partial charge is 0.325 e. The average Bonchev–Trinajstić information content (AvgIpc) is 3.26. The van der Waals surface area contributed by atoms with Crippen LogP contribution in [0.3, 0.4) is 0 Å². The first-order valence-electron chi connectivity index (χ1n) is 10.6. The molecule has 1 fully saturated rings. The lowest BCUT2D eigenvalue weighted by Crippen LogP contribution is -2.43. The monoisotopic (exact) mass is 473 g/mol. The maximum atomic E-state index is 13.0. The Hall–Kier alpha value is -3.24. The number of amides is 2. The van der Waals surface area contributed by atoms with Crippen molar-refractivity contribution in [1.82, 2.24) is 4.31 Å². The summed E-state index contributed by atoms with van der Waals surface area (Å²) in [6, 6.07) is 11.9. The van der Waals surface area contributed by atoms with Crippen molar-refractivity contribution in [2.75, 3.05) is 17.2 Å². The normalized spacial score (nSPS) is 17.2. The first kappa shape index (κ1) is 24.4. The van der Waals surface area contributed by atoms with Gasteiger partial charge < -0.3 is 15.4 Å². The van der Waals surface area contributed by atoms with Crippen LogP contribution in [-0.2, 0) is 29.1 Å². The SMILES string of the molecule is CC(=O)Nc1ccc(NC(=O)[C@@H](C)OC(=O)[C@@H]2CCCN2S(=O)(=O)c2ccc(C)cc2)cc1. The molecule has 1 aliphatic heterocycles. The molecule has 0 spiro atoms. The van der Waals surface area contributed by atoms with Crippen molar-refractivity contribution in [2.24, 2.45) is 0 Å². The van der Waals surface area contributed by atoms with E-state index in [4.69, 9.17) is 4.74 Å². The summed E-state index contributed by atoms with van der Waals surface area (Å²) in [6.07, 6.45) is -0.286. The second kappa shape index (κ2) is 10.1. The Kier molecular flexibility index (Phi) is 7.50. The van der Waals surface area contributed by atoms with Gasteiger partial charge in [-0.15, -0.1) is 0 Å². The van der Waals surface area contributed by atoms with E-state index in [1.807, 2.05) is 6.92 Å². The molecule has 2 amide bonds. The van der Waals surface area contributed by atoms with E-state index < -0.39 is 34.0 Å². The molecule has 1 aliphatic rings. The number of carbonyl (C=O) groups is 3. The highest BCUT2D eigenvalue weighted by molar-refractivity contribution is 7.89. The van der Waals surface area contributed by atoms with Gasteiger partial charge in [0.2, 0.25) is 15.9 Å². The number of benzene rings is 2. The summed E-state index contributed by atoms with van der Waals surface area (Å²) in [5.74, 6) is -1.52. The number of sulfonamides is 1. The molecule has 0 unspecified atom stereocenters. The number of ether oxygens (including phenoxy) is 1. The number of carbonyl (C=O) groups excluding carboxylic acids is 3. The van der Waals surface area contributed by atoms with E-state index in [1.54, 1.807) is 36.4 Å². The van der Waals surface area contributed by atoms with Crippen molar-refractivity contribution < 1.29 is 27.5 Å². The number of rotatable bonds is 7. The molecule has 2 N–H and O–H groups in total. The van der Waals surface area contributed by atoms with Crippen molar-refractivity contribution in [1.29, 1.82) is 0 Å². The van der Waals surface area contributed by atoms with Crippen LogP contribution in [-0.4, -0.2) is 49.2 Å².